The van der Waals surface area contributed by atoms with Gasteiger partial charge in [0.15, 0.2) is 0 Å². The molecule has 0 radical (unpaired) electrons. The number of amides is 1. The van der Waals surface area contributed by atoms with E-state index in [1.165, 1.54) is 11.8 Å². The summed E-state index contributed by atoms with van der Waals surface area (Å²) >= 11 is 1.40. The fourth-order valence-corrected chi connectivity index (χ4v) is 2.60. The van der Waals surface area contributed by atoms with E-state index in [2.05, 4.69) is 5.32 Å². The fourth-order valence-electron chi connectivity index (χ4n) is 2.32. The Hall–Kier alpha value is -1.08. The molecule has 0 saturated heterocycles. The van der Waals surface area contributed by atoms with Crippen LogP contribution in [0.1, 0.15) is 45.4 Å². The number of hydrogen-bond donors (Lipinski definition) is 3. The van der Waals surface area contributed by atoms with Crippen LogP contribution in [-0.4, -0.2) is 53.0 Å². The van der Waals surface area contributed by atoms with E-state index in [0.717, 1.165) is 31.9 Å². The van der Waals surface area contributed by atoms with Gasteiger partial charge in [0.05, 0.1) is 11.4 Å². The zero-order chi connectivity index (χ0) is 16.5. The van der Waals surface area contributed by atoms with Crippen molar-refractivity contribution < 1.29 is 19.4 Å². The van der Waals surface area contributed by atoms with Crippen molar-refractivity contribution in [1.82, 2.24) is 5.32 Å². The van der Waals surface area contributed by atoms with Crippen molar-refractivity contribution in [2.75, 3.05) is 6.26 Å². The number of carbonyl (C=O) groups is 2. The minimum absolute atomic E-state index is 0.0578. The maximum absolute atomic E-state index is 12.3. The number of carbonyl (C=O) groups excluding carboxylic acids is 2. The van der Waals surface area contributed by atoms with Crippen LogP contribution in [0.3, 0.4) is 0 Å². The van der Waals surface area contributed by atoms with Crippen molar-refractivity contribution in [3.05, 3.63) is 0 Å². The Balaban J connectivity index is 2.60. The number of ether oxygens (including phenoxy) is 1. The predicted molar refractivity (Wildman–Crippen MR) is 87.3 cm³/mol. The van der Waals surface area contributed by atoms with E-state index in [-0.39, 0.29) is 30.1 Å². The largest absolute Gasteiger partial charge is 0.461 e. The van der Waals surface area contributed by atoms with Crippen LogP contribution in [0.15, 0.2) is 0 Å². The maximum atomic E-state index is 12.3. The molecule has 22 heavy (non-hydrogen) atoms. The summed E-state index contributed by atoms with van der Waals surface area (Å²) < 4.78 is 5.45. The molecular weight excluding hydrogens is 304 g/mol. The van der Waals surface area contributed by atoms with Crippen molar-refractivity contribution in [3.8, 4) is 0 Å². The van der Waals surface area contributed by atoms with E-state index in [1.54, 1.807) is 6.92 Å². The Morgan fingerprint density at radius 3 is 2.59 bits per heavy atom. The van der Waals surface area contributed by atoms with E-state index in [4.69, 9.17) is 10.1 Å². The monoisotopic (exact) mass is 330 g/mol. The SMILES string of the molecule is CS[C@@H](C)C(=O)N[C@@H](CCC(O)C=N)C(=O)OC1CCCC1. The highest BCUT2D eigenvalue weighted by Crippen LogP contribution is 2.22. The zero-order valence-corrected chi connectivity index (χ0v) is 14.0. The van der Waals surface area contributed by atoms with Crippen LogP contribution in [0.25, 0.3) is 0 Å². The Labute approximate surface area is 135 Å². The minimum Gasteiger partial charge on any atom is -0.461 e. The Kier molecular flexibility index (Phi) is 8.48. The highest BCUT2D eigenvalue weighted by molar-refractivity contribution is 7.99. The lowest BCUT2D eigenvalue weighted by atomic mass is 10.1. The molecule has 1 aliphatic rings. The molecule has 0 heterocycles. The van der Waals surface area contributed by atoms with Gasteiger partial charge in [-0.05, 0) is 51.7 Å². The number of hydrogen-bond acceptors (Lipinski definition) is 6. The average Bonchev–Trinajstić information content (AvgIpc) is 3.02. The second kappa shape index (κ2) is 9.84. The molecule has 3 N–H and O–H groups in total. The fraction of sp³-hybridized carbons (Fsp3) is 0.800. The third-order valence-corrected chi connectivity index (χ3v) is 4.77. The summed E-state index contributed by atoms with van der Waals surface area (Å²) in [5, 5.41) is 18.9. The van der Waals surface area contributed by atoms with Crippen molar-refractivity contribution >= 4 is 29.9 Å². The zero-order valence-electron chi connectivity index (χ0n) is 13.2. The van der Waals surface area contributed by atoms with Crippen LogP contribution < -0.4 is 5.32 Å². The molecule has 0 aliphatic heterocycles. The summed E-state index contributed by atoms with van der Waals surface area (Å²) in [5.74, 6) is -0.657. The highest BCUT2D eigenvalue weighted by atomic mass is 32.2. The number of thioether (sulfide) groups is 1. The predicted octanol–water partition coefficient (Wildman–Crippen LogP) is 1.50. The van der Waals surface area contributed by atoms with Crippen LogP contribution >= 0.6 is 11.8 Å². The quantitative estimate of drug-likeness (QED) is 0.439. The molecule has 1 aliphatic carbocycles. The molecule has 1 rings (SSSR count). The molecule has 0 aromatic heterocycles. The molecule has 1 unspecified atom stereocenters. The van der Waals surface area contributed by atoms with Gasteiger partial charge in [0, 0.05) is 6.21 Å². The molecule has 126 valence electrons. The molecule has 0 bridgehead atoms. The Morgan fingerprint density at radius 2 is 2.05 bits per heavy atom. The summed E-state index contributed by atoms with van der Waals surface area (Å²) in [5.41, 5.74) is 0. The van der Waals surface area contributed by atoms with Crippen molar-refractivity contribution in [3.63, 3.8) is 0 Å². The van der Waals surface area contributed by atoms with Gasteiger partial charge in [0.1, 0.15) is 12.1 Å². The average molecular weight is 330 g/mol. The van der Waals surface area contributed by atoms with Crippen LogP contribution in [0, 0.1) is 5.41 Å². The lowest BCUT2D eigenvalue weighted by Gasteiger charge is -2.22. The van der Waals surface area contributed by atoms with Gasteiger partial charge >= 0.3 is 5.97 Å². The molecule has 0 spiro atoms. The van der Waals surface area contributed by atoms with Gasteiger partial charge in [-0.3, -0.25) is 4.79 Å². The molecule has 6 nitrogen and oxygen atoms in total. The summed E-state index contributed by atoms with van der Waals surface area (Å²) in [6.07, 6.45) is 6.15. The van der Waals surface area contributed by atoms with Crippen LogP contribution in [0.2, 0.25) is 0 Å². The molecule has 1 fully saturated rings. The number of esters is 1. The Bertz CT molecular complexity index is 386. The second-order valence-electron chi connectivity index (χ2n) is 5.59. The van der Waals surface area contributed by atoms with Gasteiger partial charge in [-0.25, -0.2) is 4.79 Å². The maximum Gasteiger partial charge on any atom is 0.328 e. The molecule has 1 amide bonds. The molecule has 7 heteroatoms. The first-order valence-corrected chi connectivity index (χ1v) is 8.99. The standard InChI is InChI=1S/C15H26N2O4S/c1-10(22-2)14(19)17-13(8-7-11(18)9-16)15(20)21-12-5-3-4-6-12/h9-13,16,18H,3-8H2,1-2H3,(H,17,19)/t10-,11?,13-/m0/s1. The molecule has 3 atom stereocenters. The van der Waals surface area contributed by atoms with Crippen molar-refractivity contribution in [2.45, 2.75) is 68.9 Å². The normalized spacial score (nSPS) is 19.2. The third kappa shape index (κ3) is 6.36. The van der Waals surface area contributed by atoms with Gasteiger partial charge in [0.2, 0.25) is 5.91 Å². The summed E-state index contributed by atoms with van der Waals surface area (Å²) in [6.45, 7) is 1.77. The Morgan fingerprint density at radius 1 is 1.41 bits per heavy atom. The van der Waals surface area contributed by atoms with Gasteiger partial charge in [-0.2, -0.15) is 11.8 Å². The first kappa shape index (κ1) is 19.0. The third-order valence-electron chi connectivity index (χ3n) is 3.85. The van der Waals surface area contributed by atoms with Crippen molar-refractivity contribution in [2.24, 2.45) is 0 Å². The van der Waals surface area contributed by atoms with Gasteiger partial charge in [-0.1, -0.05) is 0 Å². The van der Waals surface area contributed by atoms with Gasteiger partial charge < -0.3 is 20.6 Å². The van der Waals surface area contributed by atoms with Gasteiger partial charge in [-0.15, -0.1) is 0 Å². The first-order chi connectivity index (χ1) is 10.5. The molecule has 1 saturated carbocycles. The lowest BCUT2D eigenvalue weighted by molar-refractivity contribution is -0.153. The van der Waals surface area contributed by atoms with Crippen LogP contribution in [0.5, 0.6) is 0 Å². The number of rotatable bonds is 9. The number of nitrogens with one attached hydrogen (secondary N) is 2. The van der Waals surface area contributed by atoms with E-state index in [9.17, 15) is 14.7 Å². The molecule has 0 aromatic rings. The first-order valence-electron chi connectivity index (χ1n) is 7.70. The summed E-state index contributed by atoms with van der Waals surface area (Å²) in [4.78, 5) is 24.3. The summed E-state index contributed by atoms with van der Waals surface area (Å²) in [7, 11) is 0. The lowest BCUT2D eigenvalue weighted by Crippen LogP contribution is -2.46. The van der Waals surface area contributed by atoms with Crippen molar-refractivity contribution in [1.29, 1.82) is 5.41 Å². The van der Waals surface area contributed by atoms with E-state index in [1.807, 2.05) is 6.26 Å². The van der Waals surface area contributed by atoms with E-state index >= 15 is 0 Å². The highest BCUT2D eigenvalue weighted by Gasteiger charge is 2.28. The molecular formula is C15H26N2O4S. The minimum atomic E-state index is -0.906. The second-order valence-corrected chi connectivity index (χ2v) is 6.77. The van der Waals surface area contributed by atoms with Crippen LogP contribution in [0.4, 0.5) is 0 Å². The van der Waals surface area contributed by atoms with E-state index < -0.39 is 18.1 Å². The summed E-state index contributed by atoms with van der Waals surface area (Å²) in [6, 6.07) is -0.766. The molecule has 0 aromatic carbocycles. The van der Waals surface area contributed by atoms with Gasteiger partial charge in [0.25, 0.3) is 0 Å². The number of aliphatic hydroxyl groups excluding tert-OH is 1. The smallest absolute Gasteiger partial charge is 0.328 e. The topological polar surface area (TPSA) is 99.5 Å². The number of aliphatic hydroxyl groups is 1. The van der Waals surface area contributed by atoms with E-state index in [0.29, 0.717) is 0 Å². The van der Waals surface area contributed by atoms with Crippen LogP contribution in [-0.2, 0) is 14.3 Å².